The molecule has 0 bridgehead atoms. The summed E-state index contributed by atoms with van der Waals surface area (Å²) in [5.41, 5.74) is 2.10. The number of carbonyl (C=O) groups is 2. The summed E-state index contributed by atoms with van der Waals surface area (Å²) in [7, 11) is 0. The maximum atomic E-state index is 12.6. The van der Waals surface area contributed by atoms with E-state index in [0.29, 0.717) is 6.54 Å². The van der Waals surface area contributed by atoms with Crippen LogP contribution in [0.5, 0.6) is 0 Å². The molecule has 28 heavy (non-hydrogen) atoms. The molecule has 0 saturated heterocycles. The van der Waals surface area contributed by atoms with E-state index >= 15 is 0 Å². The summed E-state index contributed by atoms with van der Waals surface area (Å²) in [5, 5.41) is 8.26. The van der Waals surface area contributed by atoms with Gasteiger partial charge in [0.15, 0.2) is 6.04 Å². The van der Waals surface area contributed by atoms with Crippen molar-refractivity contribution >= 4 is 22.8 Å². The second-order valence-electron chi connectivity index (χ2n) is 6.68. The first-order chi connectivity index (χ1) is 13.7. The van der Waals surface area contributed by atoms with E-state index in [1.54, 1.807) is 0 Å². The molecule has 3 aromatic rings. The molecular formula is C22H27N4O2+. The maximum Gasteiger partial charge on any atom is 0.321 e. The van der Waals surface area contributed by atoms with Crippen molar-refractivity contribution in [3.63, 3.8) is 0 Å². The number of nitrogens with zero attached hydrogens (tertiary/aromatic N) is 1. The fraction of sp³-hybridized carbons (Fsp3) is 0.273. The fourth-order valence-electron chi connectivity index (χ4n) is 3.33. The second-order valence-corrected chi connectivity index (χ2v) is 6.68. The number of carbonyl (C=O) groups excluding carboxylic acids is 2. The summed E-state index contributed by atoms with van der Waals surface area (Å²) in [6.45, 7) is 3.94. The van der Waals surface area contributed by atoms with E-state index in [2.05, 4.69) is 39.6 Å². The Kier molecular flexibility index (Phi) is 6.81. The van der Waals surface area contributed by atoms with Gasteiger partial charge in [0, 0.05) is 36.8 Å². The molecule has 0 fully saturated rings. The Balaban J connectivity index is 1.60. The number of hydrogen-bond acceptors (Lipinski definition) is 2. The van der Waals surface area contributed by atoms with Gasteiger partial charge in [-0.15, -0.1) is 0 Å². The highest BCUT2D eigenvalue weighted by atomic mass is 16.2. The zero-order valence-electron chi connectivity index (χ0n) is 16.1. The molecule has 0 saturated carbocycles. The first-order valence-electron chi connectivity index (χ1n) is 9.70. The lowest BCUT2D eigenvalue weighted by atomic mass is 10.1. The van der Waals surface area contributed by atoms with E-state index in [0.717, 1.165) is 25.1 Å². The van der Waals surface area contributed by atoms with Gasteiger partial charge >= 0.3 is 6.03 Å². The second kappa shape index (κ2) is 9.71. The average molecular weight is 379 g/mol. The topological polar surface area (TPSA) is 79.7 Å². The monoisotopic (exact) mass is 379 g/mol. The number of nitrogens with one attached hydrogen (secondary N) is 2. The largest absolute Gasteiger partial charge is 0.347 e. The van der Waals surface area contributed by atoms with Crippen LogP contribution in [0, 0.1) is 0 Å². The first-order valence-corrected chi connectivity index (χ1v) is 9.70. The van der Waals surface area contributed by atoms with E-state index in [1.165, 1.54) is 10.9 Å². The smallest absolute Gasteiger partial charge is 0.321 e. The predicted molar refractivity (Wildman–Crippen MR) is 110 cm³/mol. The SMILES string of the molecule is CCNC(=O)NC(=O)[C@H]([NH2+]CCCn1ccc2ccccc21)c1ccccc1. The summed E-state index contributed by atoms with van der Waals surface area (Å²) < 4.78 is 2.23. The average Bonchev–Trinajstić information content (AvgIpc) is 3.12. The molecule has 2 aromatic carbocycles. The van der Waals surface area contributed by atoms with E-state index in [9.17, 15) is 9.59 Å². The molecule has 6 heteroatoms. The number of amides is 3. The molecule has 6 nitrogen and oxygen atoms in total. The highest BCUT2D eigenvalue weighted by Crippen LogP contribution is 2.15. The Labute approximate surface area is 164 Å². The molecule has 1 aromatic heterocycles. The quantitative estimate of drug-likeness (QED) is 0.525. The van der Waals surface area contributed by atoms with Crippen molar-refractivity contribution in [2.75, 3.05) is 13.1 Å². The van der Waals surface area contributed by atoms with Crippen molar-refractivity contribution in [2.45, 2.75) is 25.9 Å². The number of quaternary nitrogens is 1. The van der Waals surface area contributed by atoms with Gasteiger partial charge in [-0.1, -0.05) is 48.5 Å². The van der Waals surface area contributed by atoms with Gasteiger partial charge in [-0.05, 0) is 24.4 Å². The van der Waals surface area contributed by atoms with E-state index in [-0.39, 0.29) is 5.91 Å². The molecule has 3 rings (SSSR count). The molecular weight excluding hydrogens is 352 g/mol. The lowest BCUT2D eigenvalue weighted by Crippen LogP contribution is -2.88. The van der Waals surface area contributed by atoms with Crippen LogP contribution in [0.15, 0.2) is 66.9 Å². The molecule has 1 heterocycles. The van der Waals surface area contributed by atoms with Crippen LogP contribution in [0.3, 0.4) is 0 Å². The van der Waals surface area contributed by atoms with Crippen LogP contribution in [0.2, 0.25) is 0 Å². The third-order valence-electron chi connectivity index (χ3n) is 4.70. The number of urea groups is 1. The number of hydrogen-bond donors (Lipinski definition) is 3. The first kappa shape index (κ1) is 19.6. The number of para-hydroxylation sites is 1. The Morgan fingerprint density at radius 1 is 1.04 bits per heavy atom. The number of fused-ring (bicyclic) bond motifs is 1. The van der Waals surface area contributed by atoms with Gasteiger partial charge in [0.1, 0.15) is 0 Å². The zero-order valence-corrected chi connectivity index (χ0v) is 16.1. The summed E-state index contributed by atoms with van der Waals surface area (Å²) in [5.74, 6) is -0.302. The maximum absolute atomic E-state index is 12.6. The minimum Gasteiger partial charge on any atom is -0.347 e. The number of aryl methyl sites for hydroxylation is 1. The summed E-state index contributed by atoms with van der Waals surface area (Å²) in [6, 6.07) is 19.1. The van der Waals surface area contributed by atoms with Gasteiger partial charge in [-0.2, -0.15) is 0 Å². The third-order valence-corrected chi connectivity index (χ3v) is 4.70. The van der Waals surface area contributed by atoms with Crippen LogP contribution in [0.1, 0.15) is 24.9 Å². The highest BCUT2D eigenvalue weighted by molar-refractivity contribution is 5.96. The Bertz CT molecular complexity index is 920. The minimum atomic E-state index is -0.458. The summed E-state index contributed by atoms with van der Waals surface area (Å²) in [6.07, 6.45) is 3.01. The summed E-state index contributed by atoms with van der Waals surface area (Å²) >= 11 is 0. The Morgan fingerprint density at radius 3 is 2.57 bits per heavy atom. The van der Waals surface area contributed by atoms with Gasteiger partial charge in [0.05, 0.1) is 6.54 Å². The number of nitrogens with two attached hydrogens (primary N) is 1. The van der Waals surface area contributed by atoms with E-state index in [1.807, 2.05) is 54.7 Å². The van der Waals surface area contributed by atoms with Crippen molar-refractivity contribution in [3.05, 3.63) is 72.4 Å². The van der Waals surface area contributed by atoms with Crippen molar-refractivity contribution in [1.29, 1.82) is 0 Å². The van der Waals surface area contributed by atoms with Crippen LogP contribution in [-0.4, -0.2) is 29.6 Å². The molecule has 0 spiro atoms. The number of aromatic nitrogens is 1. The van der Waals surface area contributed by atoms with Gasteiger partial charge in [-0.3, -0.25) is 10.1 Å². The predicted octanol–water partition coefficient (Wildman–Crippen LogP) is 2.18. The van der Waals surface area contributed by atoms with Crippen molar-refractivity contribution in [2.24, 2.45) is 0 Å². The lowest BCUT2D eigenvalue weighted by Gasteiger charge is -2.16. The van der Waals surface area contributed by atoms with Crippen molar-refractivity contribution in [3.8, 4) is 0 Å². The number of benzene rings is 2. The molecule has 3 amide bonds. The Hall–Kier alpha value is -3.12. The van der Waals surface area contributed by atoms with Gasteiger partial charge in [0.2, 0.25) is 0 Å². The molecule has 0 aliphatic rings. The van der Waals surface area contributed by atoms with Crippen LogP contribution in [0.4, 0.5) is 4.79 Å². The fourth-order valence-corrected chi connectivity index (χ4v) is 3.33. The molecule has 0 radical (unpaired) electrons. The Morgan fingerprint density at radius 2 is 1.79 bits per heavy atom. The lowest BCUT2D eigenvalue weighted by molar-refractivity contribution is -0.683. The van der Waals surface area contributed by atoms with E-state index in [4.69, 9.17) is 0 Å². The number of rotatable bonds is 8. The van der Waals surface area contributed by atoms with Crippen LogP contribution in [-0.2, 0) is 11.3 Å². The van der Waals surface area contributed by atoms with Crippen LogP contribution in [0.25, 0.3) is 10.9 Å². The van der Waals surface area contributed by atoms with Gasteiger partial charge in [-0.25, -0.2) is 4.79 Å². The summed E-state index contributed by atoms with van der Waals surface area (Å²) in [4.78, 5) is 24.4. The zero-order chi connectivity index (χ0) is 19.8. The molecule has 146 valence electrons. The normalized spacial score (nSPS) is 11.9. The molecule has 0 unspecified atom stereocenters. The van der Waals surface area contributed by atoms with Crippen molar-refractivity contribution < 1.29 is 14.9 Å². The highest BCUT2D eigenvalue weighted by Gasteiger charge is 2.25. The van der Waals surface area contributed by atoms with Crippen LogP contribution < -0.4 is 16.0 Å². The molecule has 1 atom stereocenters. The standard InChI is InChI=1S/C22H26N4O2/c1-2-23-22(28)25-21(27)20(18-10-4-3-5-11-18)24-14-8-15-26-16-13-17-9-6-7-12-19(17)26/h3-7,9-13,16,20,24H,2,8,14-15H2,1H3,(H2,23,25,27,28)/p+1/t20-/m1/s1. The molecule has 0 aliphatic carbocycles. The minimum absolute atomic E-state index is 0.302. The van der Waals surface area contributed by atoms with E-state index < -0.39 is 12.1 Å². The third kappa shape index (κ3) is 4.98. The van der Waals surface area contributed by atoms with Gasteiger partial charge < -0.3 is 15.2 Å². The van der Waals surface area contributed by atoms with Crippen molar-refractivity contribution in [1.82, 2.24) is 15.2 Å². The molecule has 0 aliphatic heterocycles. The molecule has 4 N–H and O–H groups in total. The number of imide groups is 1. The van der Waals surface area contributed by atoms with Gasteiger partial charge in [0.25, 0.3) is 5.91 Å². The van der Waals surface area contributed by atoms with Crippen LogP contribution >= 0.6 is 0 Å².